The minimum Gasteiger partial charge on any atom is -0.456 e. The van der Waals surface area contributed by atoms with E-state index in [4.69, 9.17) is 9.47 Å². The van der Waals surface area contributed by atoms with E-state index in [-0.39, 0.29) is 12.1 Å². The van der Waals surface area contributed by atoms with Crippen molar-refractivity contribution in [1.29, 1.82) is 0 Å². The average molecular weight is 451 g/mol. The number of aromatic nitrogens is 4. The molecule has 1 fully saturated rings. The molecule has 0 unspecified atom stereocenters. The highest BCUT2D eigenvalue weighted by Crippen LogP contribution is 2.25. The first-order chi connectivity index (χ1) is 15.9. The highest BCUT2D eigenvalue weighted by Gasteiger charge is 2.35. The van der Waals surface area contributed by atoms with E-state index in [1.165, 1.54) is 6.20 Å². The molecular weight excluding hydrogens is 426 g/mol. The fourth-order valence-electron chi connectivity index (χ4n) is 3.50. The van der Waals surface area contributed by atoms with E-state index in [0.717, 1.165) is 16.2 Å². The summed E-state index contributed by atoms with van der Waals surface area (Å²) in [5.74, 6) is 1.40. The van der Waals surface area contributed by atoms with Crippen LogP contribution in [0.15, 0.2) is 49.1 Å². The third-order valence-electron chi connectivity index (χ3n) is 5.17. The van der Waals surface area contributed by atoms with E-state index < -0.39 is 6.03 Å². The van der Waals surface area contributed by atoms with Gasteiger partial charge >= 0.3 is 12.1 Å². The summed E-state index contributed by atoms with van der Waals surface area (Å²) in [6, 6.07) is 5.87. The first-order valence-electron chi connectivity index (χ1n) is 10.4. The molecule has 3 aromatic rings. The molecule has 0 saturated carbocycles. The van der Waals surface area contributed by atoms with Crippen LogP contribution in [-0.4, -0.2) is 74.5 Å². The van der Waals surface area contributed by atoms with Crippen molar-refractivity contribution >= 4 is 17.9 Å². The zero-order chi connectivity index (χ0) is 23.4. The van der Waals surface area contributed by atoms with Gasteiger partial charge in [-0.25, -0.2) is 19.5 Å². The first-order valence-corrected chi connectivity index (χ1v) is 10.4. The second kappa shape index (κ2) is 9.65. The molecule has 3 aromatic heterocycles. The minimum absolute atomic E-state index is 0.110. The maximum Gasteiger partial charge on any atom is 0.331 e. The van der Waals surface area contributed by atoms with Gasteiger partial charge in [0.05, 0.1) is 30.7 Å². The van der Waals surface area contributed by atoms with Gasteiger partial charge in [-0.1, -0.05) is 0 Å². The van der Waals surface area contributed by atoms with Crippen molar-refractivity contribution in [2.24, 2.45) is 7.05 Å². The van der Waals surface area contributed by atoms with E-state index in [1.54, 1.807) is 47.3 Å². The minimum atomic E-state index is -0.525. The Hall–Kier alpha value is -3.99. The third kappa shape index (κ3) is 5.09. The molecule has 1 aliphatic heterocycles. The van der Waals surface area contributed by atoms with Gasteiger partial charge < -0.3 is 14.4 Å². The van der Waals surface area contributed by atoms with Gasteiger partial charge in [-0.3, -0.25) is 15.0 Å². The van der Waals surface area contributed by atoms with Crippen LogP contribution in [0.3, 0.4) is 0 Å². The number of hydrogen-bond acceptors (Lipinski definition) is 7. The number of urea groups is 2. The highest BCUT2D eigenvalue weighted by molar-refractivity contribution is 6.01. The molecule has 0 radical (unpaired) electrons. The molecule has 0 aliphatic carbocycles. The number of ether oxygens (including phenoxy) is 2. The monoisotopic (exact) mass is 451 g/mol. The van der Waals surface area contributed by atoms with E-state index in [1.807, 2.05) is 26.2 Å². The van der Waals surface area contributed by atoms with Gasteiger partial charge in [0, 0.05) is 51.3 Å². The Labute approximate surface area is 190 Å². The average Bonchev–Trinajstić information content (AvgIpc) is 3.41. The van der Waals surface area contributed by atoms with Crippen LogP contribution in [0.2, 0.25) is 0 Å². The summed E-state index contributed by atoms with van der Waals surface area (Å²) in [5.41, 5.74) is 1.62. The third-order valence-corrected chi connectivity index (χ3v) is 5.17. The van der Waals surface area contributed by atoms with Crippen LogP contribution in [-0.2, 0) is 11.8 Å². The van der Waals surface area contributed by atoms with Gasteiger partial charge in [-0.2, -0.15) is 5.10 Å². The largest absolute Gasteiger partial charge is 0.456 e. The number of carbonyl (C=O) groups is 2. The highest BCUT2D eigenvalue weighted by atomic mass is 16.5. The van der Waals surface area contributed by atoms with Crippen molar-refractivity contribution in [2.75, 3.05) is 32.1 Å². The Morgan fingerprint density at radius 1 is 1.18 bits per heavy atom. The molecule has 33 heavy (non-hydrogen) atoms. The number of imide groups is 1. The van der Waals surface area contributed by atoms with E-state index in [0.29, 0.717) is 37.0 Å². The molecule has 1 N–H and O–H groups in total. The fourth-order valence-corrected chi connectivity index (χ4v) is 3.50. The van der Waals surface area contributed by atoms with Crippen LogP contribution in [0, 0.1) is 0 Å². The summed E-state index contributed by atoms with van der Waals surface area (Å²) in [7, 11) is 3.42. The molecule has 0 spiro atoms. The van der Waals surface area contributed by atoms with Crippen LogP contribution in [0.25, 0.3) is 11.3 Å². The van der Waals surface area contributed by atoms with Crippen molar-refractivity contribution in [1.82, 2.24) is 29.5 Å². The van der Waals surface area contributed by atoms with Crippen molar-refractivity contribution in [2.45, 2.75) is 13.0 Å². The summed E-state index contributed by atoms with van der Waals surface area (Å²) >= 11 is 0. The number of nitrogens with one attached hydrogen (secondary N) is 1. The molecule has 1 saturated heterocycles. The number of methoxy groups -OCH3 is 1. The molecule has 0 bridgehead atoms. The zero-order valence-electron chi connectivity index (χ0n) is 18.6. The fraction of sp³-hybridized carbons (Fsp3) is 0.318. The molecule has 11 nitrogen and oxygen atoms in total. The zero-order valence-corrected chi connectivity index (χ0v) is 18.6. The Kier molecular flexibility index (Phi) is 6.50. The van der Waals surface area contributed by atoms with E-state index in [9.17, 15) is 9.59 Å². The van der Waals surface area contributed by atoms with Crippen LogP contribution in [0.5, 0.6) is 11.5 Å². The summed E-state index contributed by atoms with van der Waals surface area (Å²) in [6.45, 7) is 3.06. The summed E-state index contributed by atoms with van der Waals surface area (Å²) in [5, 5.41) is 6.80. The second-order valence-electron chi connectivity index (χ2n) is 7.62. The Morgan fingerprint density at radius 2 is 2.03 bits per heavy atom. The van der Waals surface area contributed by atoms with E-state index in [2.05, 4.69) is 20.4 Å². The van der Waals surface area contributed by atoms with Crippen molar-refractivity contribution in [3.05, 3.63) is 49.1 Å². The SMILES string of the molecule is COC[C@H](C)N1CCN(C(=O)Nc2ccc(Oc3ccnc(-c4cnn(C)c4)c3)cn2)C1=O. The lowest BCUT2D eigenvalue weighted by molar-refractivity contribution is 0.120. The molecule has 11 heteroatoms. The van der Waals surface area contributed by atoms with Crippen LogP contribution >= 0.6 is 0 Å². The van der Waals surface area contributed by atoms with Gasteiger partial charge in [0.25, 0.3) is 0 Å². The lowest BCUT2D eigenvalue weighted by Crippen LogP contribution is -2.43. The van der Waals surface area contributed by atoms with Crippen molar-refractivity contribution < 1.29 is 19.1 Å². The number of rotatable bonds is 7. The molecule has 4 amide bonds. The van der Waals surface area contributed by atoms with Gasteiger partial charge in [0.1, 0.15) is 17.3 Å². The number of anilines is 1. The standard InChI is InChI=1S/C22H25N7O4/c1-15(14-32-3)28-8-9-29(22(28)31)21(30)26-20-5-4-18(12-24-20)33-17-6-7-23-19(10-17)16-11-25-27(2)13-16/h4-7,10-13,15H,8-9,14H2,1-3H3,(H,24,26,30)/t15-/m0/s1. The Balaban J connectivity index is 1.36. The number of carbonyl (C=O) groups excluding carboxylic acids is 2. The summed E-state index contributed by atoms with van der Waals surface area (Å²) in [6.07, 6.45) is 6.75. The van der Waals surface area contributed by atoms with Crippen LogP contribution in [0.4, 0.5) is 15.4 Å². The molecule has 4 rings (SSSR count). The normalized spacial score (nSPS) is 14.5. The number of aryl methyl sites for hydroxylation is 1. The number of amides is 4. The first kappa shape index (κ1) is 22.2. The van der Waals surface area contributed by atoms with Gasteiger partial charge in [-0.15, -0.1) is 0 Å². The maximum atomic E-state index is 12.6. The maximum absolute atomic E-state index is 12.6. The summed E-state index contributed by atoms with van der Waals surface area (Å²) < 4.78 is 12.7. The predicted molar refractivity (Wildman–Crippen MR) is 120 cm³/mol. The topological polar surface area (TPSA) is 115 Å². The predicted octanol–water partition coefficient (Wildman–Crippen LogP) is 2.97. The number of hydrogen-bond donors (Lipinski definition) is 1. The summed E-state index contributed by atoms with van der Waals surface area (Å²) in [4.78, 5) is 36.4. The van der Waals surface area contributed by atoms with Crippen LogP contribution in [0.1, 0.15) is 6.92 Å². The molecular formula is C22H25N7O4. The molecule has 1 atom stereocenters. The molecule has 1 aliphatic rings. The quantitative estimate of drug-likeness (QED) is 0.587. The lowest BCUT2D eigenvalue weighted by Gasteiger charge is -2.23. The Bertz CT molecular complexity index is 1130. The van der Waals surface area contributed by atoms with Crippen molar-refractivity contribution in [3.63, 3.8) is 0 Å². The number of pyridine rings is 2. The second-order valence-corrected chi connectivity index (χ2v) is 7.62. The molecule has 4 heterocycles. The van der Waals surface area contributed by atoms with Gasteiger partial charge in [0.15, 0.2) is 0 Å². The Morgan fingerprint density at radius 3 is 2.73 bits per heavy atom. The molecule has 172 valence electrons. The van der Waals surface area contributed by atoms with Gasteiger partial charge in [-0.05, 0) is 25.1 Å². The smallest absolute Gasteiger partial charge is 0.331 e. The lowest BCUT2D eigenvalue weighted by atomic mass is 10.2. The van der Waals surface area contributed by atoms with Gasteiger partial charge in [0.2, 0.25) is 0 Å². The molecule has 0 aromatic carbocycles. The number of nitrogens with zero attached hydrogens (tertiary/aromatic N) is 6. The van der Waals surface area contributed by atoms with Crippen LogP contribution < -0.4 is 10.1 Å². The van der Waals surface area contributed by atoms with E-state index >= 15 is 0 Å². The van der Waals surface area contributed by atoms with Crippen molar-refractivity contribution in [3.8, 4) is 22.8 Å².